The van der Waals surface area contributed by atoms with Gasteiger partial charge in [0.05, 0.1) is 0 Å². The first kappa shape index (κ1) is 11.1. The van der Waals surface area contributed by atoms with Crippen LogP contribution in [-0.2, 0) is 5.54 Å². The molecule has 0 aromatic heterocycles. The highest BCUT2D eigenvalue weighted by molar-refractivity contribution is 5.30. The van der Waals surface area contributed by atoms with E-state index in [1.54, 1.807) is 19.1 Å². The van der Waals surface area contributed by atoms with Crippen LogP contribution in [0.25, 0.3) is 0 Å². The van der Waals surface area contributed by atoms with Crippen LogP contribution in [0.15, 0.2) is 12.1 Å². The Hall–Kier alpha value is -0.960. The largest absolute Gasteiger partial charge is 0.322 e. The summed E-state index contributed by atoms with van der Waals surface area (Å²) in [6, 6.07) is 3.10. The second-order valence-electron chi connectivity index (χ2n) is 3.83. The Morgan fingerprint density at radius 3 is 2.36 bits per heavy atom. The van der Waals surface area contributed by atoms with Gasteiger partial charge in [-0.25, -0.2) is 8.78 Å². The molecular weight excluding hydrogens is 184 g/mol. The second-order valence-corrected chi connectivity index (χ2v) is 3.83. The maximum atomic E-state index is 13.5. The molecule has 0 heterocycles. The minimum absolute atomic E-state index is 0.239. The van der Waals surface area contributed by atoms with Crippen molar-refractivity contribution in [3.05, 3.63) is 34.9 Å². The molecule has 0 aliphatic rings. The molecule has 14 heavy (non-hydrogen) atoms. The van der Waals surface area contributed by atoms with Crippen molar-refractivity contribution in [1.82, 2.24) is 0 Å². The number of hydrogen-bond acceptors (Lipinski definition) is 1. The van der Waals surface area contributed by atoms with Crippen LogP contribution in [0.3, 0.4) is 0 Å². The van der Waals surface area contributed by atoms with E-state index in [2.05, 4.69) is 0 Å². The van der Waals surface area contributed by atoms with Gasteiger partial charge >= 0.3 is 0 Å². The van der Waals surface area contributed by atoms with Crippen LogP contribution < -0.4 is 5.73 Å². The van der Waals surface area contributed by atoms with Crippen LogP contribution in [0, 0.1) is 18.6 Å². The average molecular weight is 199 g/mol. The molecule has 1 nitrogen and oxygen atoms in total. The van der Waals surface area contributed by atoms with Gasteiger partial charge in [-0.05, 0) is 25.8 Å². The molecule has 0 aliphatic carbocycles. The molecule has 0 saturated heterocycles. The zero-order chi connectivity index (χ0) is 10.9. The summed E-state index contributed by atoms with van der Waals surface area (Å²) in [5, 5.41) is 0. The van der Waals surface area contributed by atoms with Crippen molar-refractivity contribution in [1.29, 1.82) is 0 Å². The molecule has 0 unspecified atom stereocenters. The number of hydrogen-bond donors (Lipinski definition) is 1. The Morgan fingerprint density at radius 2 is 1.86 bits per heavy atom. The van der Waals surface area contributed by atoms with E-state index < -0.39 is 17.2 Å². The Balaban J connectivity index is 3.31. The topological polar surface area (TPSA) is 26.0 Å². The third-order valence-electron chi connectivity index (χ3n) is 2.63. The molecule has 0 saturated carbocycles. The Kier molecular flexibility index (Phi) is 2.90. The summed E-state index contributed by atoms with van der Waals surface area (Å²) in [6.07, 6.45) is 0.562. The van der Waals surface area contributed by atoms with Gasteiger partial charge in [0.25, 0.3) is 0 Å². The molecule has 1 atom stereocenters. The van der Waals surface area contributed by atoms with Crippen LogP contribution in [0.2, 0.25) is 0 Å². The van der Waals surface area contributed by atoms with Crippen molar-refractivity contribution >= 4 is 0 Å². The Morgan fingerprint density at radius 1 is 1.29 bits per heavy atom. The first-order valence-corrected chi connectivity index (χ1v) is 4.64. The lowest BCUT2D eigenvalue weighted by molar-refractivity contribution is 0.420. The molecule has 0 fully saturated rings. The number of rotatable bonds is 2. The van der Waals surface area contributed by atoms with Gasteiger partial charge in [0.1, 0.15) is 0 Å². The molecule has 2 N–H and O–H groups in total. The Bertz CT molecular complexity index is 345. The van der Waals surface area contributed by atoms with Crippen molar-refractivity contribution in [2.75, 3.05) is 0 Å². The molecular formula is C11H15F2N. The van der Waals surface area contributed by atoms with E-state index in [0.717, 1.165) is 0 Å². The first-order chi connectivity index (χ1) is 6.40. The second kappa shape index (κ2) is 3.65. The highest BCUT2D eigenvalue weighted by atomic mass is 19.2. The fourth-order valence-electron chi connectivity index (χ4n) is 1.28. The van der Waals surface area contributed by atoms with Crippen molar-refractivity contribution < 1.29 is 8.78 Å². The zero-order valence-electron chi connectivity index (χ0n) is 8.70. The lowest BCUT2D eigenvalue weighted by Crippen LogP contribution is -2.33. The molecule has 3 heteroatoms. The predicted octanol–water partition coefficient (Wildman–Crippen LogP) is 2.86. The molecule has 1 aromatic rings. The lowest BCUT2D eigenvalue weighted by Gasteiger charge is -2.24. The van der Waals surface area contributed by atoms with Crippen LogP contribution in [0.1, 0.15) is 31.4 Å². The third-order valence-corrected chi connectivity index (χ3v) is 2.63. The van der Waals surface area contributed by atoms with Crippen LogP contribution >= 0.6 is 0 Å². The SMILES string of the molecule is CC[C@](C)(N)c1ccc(C)c(F)c1F. The van der Waals surface area contributed by atoms with Crippen LogP contribution in [0.5, 0.6) is 0 Å². The molecule has 1 aromatic carbocycles. The summed E-state index contributed by atoms with van der Waals surface area (Å²) in [5.41, 5.74) is 5.59. The summed E-state index contributed by atoms with van der Waals surface area (Å²) in [4.78, 5) is 0. The third kappa shape index (κ3) is 1.77. The summed E-state index contributed by atoms with van der Waals surface area (Å²) in [6.45, 7) is 5.07. The summed E-state index contributed by atoms with van der Waals surface area (Å²) in [7, 11) is 0. The standard InChI is InChI=1S/C11H15F2N/c1-4-11(3,14)8-6-5-7(2)9(12)10(8)13/h5-6H,4,14H2,1-3H3/t11-/m0/s1. The monoisotopic (exact) mass is 199 g/mol. The fraction of sp³-hybridized carbons (Fsp3) is 0.455. The van der Waals surface area contributed by atoms with Crippen molar-refractivity contribution in [2.45, 2.75) is 32.7 Å². The van der Waals surface area contributed by atoms with Gasteiger partial charge in [0, 0.05) is 11.1 Å². The fourth-order valence-corrected chi connectivity index (χ4v) is 1.28. The summed E-state index contributed by atoms with van der Waals surface area (Å²) in [5.74, 6) is -1.62. The zero-order valence-corrected chi connectivity index (χ0v) is 8.70. The van der Waals surface area contributed by atoms with Gasteiger partial charge in [-0.1, -0.05) is 19.1 Å². The van der Waals surface area contributed by atoms with Gasteiger partial charge in [0.15, 0.2) is 11.6 Å². The molecule has 78 valence electrons. The van der Waals surface area contributed by atoms with Crippen molar-refractivity contribution in [2.24, 2.45) is 5.73 Å². The smallest absolute Gasteiger partial charge is 0.164 e. The molecule has 0 bridgehead atoms. The van der Waals surface area contributed by atoms with E-state index in [1.165, 1.54) is 6.92 Å². The minimum atomic E-state index is -0.822. The molecule has 0 aliphatic heterocycles. The maximum absolute atomic E-state index is 13.5. The van der Waals surface area contributed by atoms with E-state index in [0.29, 0.717) is 12.0 Å². The van der Waals surface area contributed by atoms with E-state index in [9.17, 15) is 8.78 Å². The van der Waals surface area contributed by atoms with Crippen molar-refractivity contribution in [3.63, 3.8) is 0 Å². The van der Waals surface area contributed by atoms with Gasteiger partial charge in [-0.15, -0.1) is 0 Å². The average Bonchev–Trinajstić information content (AvgIpc) is 2.14. The lowest BCUT2D eigenvalue weighted by atomic mass is 9.89. The maximum Gasteiger partial charge on any atom is 0.164 e. The summed E-state index contributed by atoms with van der Waals surface area (Å²) < 4.78 is 26.7. The normalized spacial score (nSPS) is 15.3. The van der Waals surface area contributed by atoms with Crippen molar-refractivity contribution in [3.8, 4) is 0 Å². The quantitative estimate of drug-likeness (QED) is 0.778. The van der Waals surface area contributed by atoms with E-state index in [4.69, 9.17) is 5.73 Å². The number of benzene rings is 1. The predicted molar refractivity (Wildman–Crippen MR) is 52.9 cm³/mol. The van der Waals surface area contributed by atoms with Gasteiger partial charge in [0.2, 0.25) is 0 Å². The molecule has 1 rings (SSSR count). The van der Waals surface area contributed by atoms with E-state index in [1.807, 2.05) is 6.92 Å². The van der Waals surface area contributed by atoms with Crippen LogP contribution in [0.4, 0.5) is 8.78 Å². The summed E-state index contributed by atoms with van der Waals surface area (Å²) >= 11 is 0. The van der Waals surface area contributed by atoms with Gasteiger partial charge < -0.3 is 5.73 Å². The number of halogens is 2. The highest BCUT2D eigenvalue weighted by Crippen LogP contribution is 2.26. The first-order valence-electron chi connectivity index (χ1n) is 4.64. The minimum Gasteiger partial charge on any atom is -0.322 e. The van der Waals surface area contributed by atoms with Gasteiger partial charge in [-0.3, -0.25) is 0 Å². The highest BCUT2D eigenvalue weighted by Gasteiger charge is 2.24. The molecule has 0 radical (unpaired) electrons. The van der Waals surface area contributed by atoms with Crippen LogP contribution in [-0.4, -0.2) is 0 Å². The Labute approximate surface area is 82.9 Å². The van der Waals surface area contributed by atoms with Gasteiger partial charge in [-0.2, -0.15) is 0 Å². The number of aryl methyl sites for hydroxylation is 1. The molecule has 0 spiro atoms. The number of nitrogens with two attached hydrogens (primary N) is 1. The van der Waals surface area contributed by atoms with E-state index in [-0.39, 0.29) is 5.56 Å². The molecule has 0 amide bonds. The van der Waals surface area contributed by atoms with E-state index >= 15 is 0 Å².